The molecule has 1 fully saturated rings. The van der Waals surface area contributed by atoms with Gasteiger partial charge in [-0.3, -0.25) is 0 Å². The fraction of sp³-hybridized carbons (Fsp3) is 0.800. The molecule has 1 aromatic rings. The van der Waals surface area contributed by atoms with E-state index in [1.54, 1.807) is 7.05 Å². The second kappa shape index (κ2) is 5.40. The van der Waals surface area contributed by atoms with E-state index in [9.17, 15) is 13.2 Å². The molecule has 1 N–H and O–H groups in total. The Labute approximate surface area is 107 Å². The number of nitrogens with one attached hydrogen (secondary N) is 1. The molecule has 102 valence electrons. The lowest BCUT2D eigenvalue weighted by Gasteiger charge is -2.25. The fourth-order valence-electron chi connectivity index (χ4n) is 2.02. The van der Waals surface area contributed by atoms with Gasteiger partial charge in [0.2, 0.25) is 11.0 Å². The van der Waals surface area contributed by atoms with Gasteiger partial charge >= 0.3 is 6.18 Å². The van der Waals surface area contributed by atoms with Crippen LogP contribution in [0.3, 0.4) is 0 Å². The van der Waals surface area contributed by atoms with Gasteiger partial charge in [-0.25, -0.2) is 0 Å². The minimum absolute atomic E-state index is 0.231. The summed E-state index contributed by atoms with van der Waals surface area (Å²) in [6.45, 7) is 1.86. The standard InChI is InChI=1S/C10H15F3N4S/c1-17(7-3-2-5-14-6-4-7)9-15-8(16-18-9)10(11,12)13/h7,14H,2-6H2,1H3. The van der Waals surface area contributed by atoms with Gasteiger partial charge in [-0.2, -0.15) is 22.5 Å². The molecule has 2 heterocycles. The number of hydrogen-bond donors (Lipinski definition) is 1. The van der Waals surface area contributed by atoms with Gasteiger partial charge in [0.25, 0.3) is 0 Å². The van der Waals surface area contributed by atoms with Crippen LogP contribution in [0.4, 0.5) is 18.3 Å². The van der Waals surface area contributed by atoms with Crippen molar-refractivity contribution < 1.29 is 13.2 Å². The molecule has 1 unspecified atom stereocenters. The Hall–Kier alpha value is -0.890. The van der Waals surface area contributed by atoms with E-state index in [2.05, 4.69) is 14.7 Å². The van der Waals surface area contributed by atoms with Crippen molar-refractivity contribution in [3.63, 3.8) is 0 Å². The molecule has 1 aliphatic heterocycles. The van der Waals surface area contributed by atoms with E-state index in [-0.39, 0.29) is 6.04 Å². The topological polar surface area (TPSA) is 41.1 Å². The molecule has 0 saturated carbocycles. The molecule has 0 radical (unpaired) electrons. The monoisotopic (exact) mass is 280 g/mol. The lowest BCUT2D eigenvalue weighted by atomic mass is 10.1. The molecule has 4 nitrogen and oxygen atoms in total. The minimum Gasteiger partial charge on any atom is -0.347 e. The van der Waals surface area contributed by atoms with Crippen LogP contribution < -0.4 is 10.2 Å². The smallest absolute Gasteiger partial charge is 0.347 e. The number of aromatic nitrogens is 2. The van der Waals surface area contributed by atoms with Crippen LogP contribution in [0.5, 0.6) is 0 Å². The largest absolute Gasteiger partial charge is 0.452 e. The first-order valence-electron chi connectivity index (χ1n) is 5.83. The Morgan fingerprint density at radius 3 is 2.78 bits per heavy atom. The van der Waals surface area contributed by atoms with Crippen molar-refractivity contribution in [2.75, 3.05) is 25.0 Å². The molecule has 0 aliphatic carbocycles. The zero-order chi connectivity index (χ0) is 13.2. The van der Waals surface area contributed by atoms with Crippen molar-refractivity contribution in [1.29, 1.82) is 0 Å². The first kappa shape index (κ1) is 13.5. The molecule has 0 amide bonds. The average Bonchev–Trinajstić information content (AvgIpc) is 2.65. The molecule has 2 rings (SSSR count). The predicted octanol–water partition coefficient (Wildman–Crippen LogP) is 2.14. The summed E-state index contributed by atoms with van der Waals surface area (Å²) in [5, 5.41) is 3.62. The number of nitrogens with zero attached hydrogens (tertiary/aromatic N) is 3. The van der Waals surface area contributed by atoms with Crippen molar-refractivity contribution >= 4 is 16.7 Å². The zero-order valence-electron chi connectivity index (χ0n) is 10.00. The number of anilines is 1. The SMILES string of the molecule is CN(c1nc(C(F)(F)F)ns1)C1CCCNCC1. The average molecular weight is 280 g/mol. The van der Waals surface area contributed by atoms with Gasteiger partial charge in [-0.05, 0) is 32.4 Å². The third kappa shape index (κ3) is 3.11. The van der Waals surface area contributed by atoms with E-state index in [0.29, 0.717) is 5.13 Å². The molecular formula is C10H15F3N4S. The highest BCUT2D eigenvalue weighted by atomic mass is 32.1. The Morgan fingerprint density at radius 2 is 2.11 bits per heavy atom. The summed E-state index contributed by atoms with van der Waals surface area (Å²) in [5.74, 6) is -1.04. The maximum absolute atomic E-state index is 12.4. The van der Waals surface area contributed by atoms with E-state index >= 15 is 0 Å². The highest BCUT2D eigenvalue weighted by molar-refractivity contribution is 7.09. The molecule has 18 heavy (non-hydrogen) atoms. The molecule has 8 heteroatoms. The quantitative estimate of drug-likeness (QED) is 0.901. The van der Waals surface area contributed by atoms with Crippen LogP contribution in [0.2, 0.25) is 0 Å². The maximum atomic E-state index is 12.4. The van der Waals surface area contributed by atoms with E-state index in [4.69, 9.17) is 0 Å². The Bertz CT molecular complexity index is 385. The van der Waals surface area contributed by atoms with E-state index in [1.165, 1.54) is 0 Å². The van der Waals surface area contributed by atoms with Gasteiger partial charge in [0, 0.05) is 24.6 Å². The van der Waals surface area contributed by atoms with Crippen LogP contribution in [0.15, 0.2) is 0 Å². The maximum Gasteiger partial charge on any atom is 0.452 e. The second-order valence-corrected chi connectivity index (χ2v) is 5.07. The van der Waals surface area contributed by atoms with Gasteiger partial charge in [-0.15, -0.1) is 0 Å². The zero-order valence-corrected chi connectivity index (χ0v) is 10.8. The molecule has 1 atom stereocenters. The lowest BCUT2D eigenvalue weighted by Crippen LogP contribution is -2.32. The number of alkyl halides is 3. The number of hydrogen-bond acceptors (Lipinski definition) is 5. The third-order valence-corrected chi connectivity index (χ3v) is 3.87. The summed E-state index contributed by atoms with van der Waals surface area (Å²) in [5.41, 5.74) is 0. The van der Waals surface area contributed by atoms with Crippen molar-refractivity contribution in [3.8, 4) is 0 Å². The molecule has 1 saturated heterocycles. The van der Waals surface area contributed by atoms with Crippen molar-refractivity contribution in [3.05, 3.63) is 5.82 Å². The number of rotatable bonds is 2. The van der Waals surface area contributed by atoms with E-state index in [0.717, 1.165) is 43.9 Å². The molecule has 0 bridgehead atoms. The normalized spacial score (nSPS) is 21.7. The first-order chi connectivity index (χ1) is 8.48. The molecular weight excluding hydrogens is 265 g/mol. The van der Waals surface area contributed by atoms with Crippen LogP contribution in [-0.2, 0) is 6.18 Å². The van der Waals surface area contributed by atoms with E-state index in [1.807, 2.05) is 4.90 Å². The van der Waals surface area contributed by atoms with Crippen molar-refractivity contribution in [2.24, 2.45) is 0 Å². The summed E-state index contributed by atoms with van der Waals surface area (Å²) in [7, 11) is 1.79. The van der Waals surface area contributed by atoms with Gasteiger partial charge in [0.05, 0.1) is 0 Å². The van der Waals surface area contributed by atoms with Gasteiger partial charge in [-0.1, -0.05) is 0 Å². The molecule has 0 spiro atoms. The summed E-state index contributed by atoms with van der Waals surface area (Å²) >= 11 is 0.809. The fourth-order valence-corrected chi connectivity index (χ4v) is 2.74. The summed E-state index contributed by atoms with van der Waals surface area (Å²) in [4.78, 5) is 5.39. The highest BCUT2D eigenvalue weighted by Crippen LogP contribution is 2.31. The second-order valence-electron chi connectivity index (χ2n) is 4.34. The summed E-state index contributed by atoms with van der Waals surface area (Å²) in [6.07, 6.45) is -1.55. The van der Waals surface area contributed by atoms with Crippen molar-refractivity contribution in [1.82, 2.24) is 14.7 Å². The van der Waals surface area contributed by atoms with Crippen LogP contribution in [0.25, 0.3) is 0 Å². The predicted molar refractivity (Wildman–Crippen MR) is 63.8 cm³/mol. The Morgan fingerprint density at radius 1 is 1.33 bits per heavy atom. The van der Waals surface area contributed by atoms with E-state index < -0.39 is 12.0 Å². The van der Waals surface area contributed by atoms with Gasteiger partial charge in [0.1, 0.15) is 0 Å². The first-order valence-corrected chi connectivity index (χ1v) is 6.60. The van der Waals surface area contributed by atoms with Crippen LogP contribution >= 0.6 is 11.5 Å². The Balaban J connectivity index is 2.08. The summed E-state index contributed by atoms with van der Waals surface area (Å²) < 4.78 is 40.7. The third-order valence-electron chi connectivity index (χ3n) is 3.06. The highest BCUT2D eigenvalue weighted by Gasteiger charge is 2.36. The number of halogens is 3. The lowest BCUT2D eigenvalue weighted by molar-refractivity contribution is -0.144. The van der Waals surface area contributed by atoms with Crippen LogP contribution in [0.1, 0.15) is 25.1 Å². The Kier molecular flexibility index (Phi) is 4.06. The van der Waals surface area contributed by atoms with Crippen molar-refractivity contribution in [2.45, 2.75) is 31.5 Å². The molecule has 1 aromatic heterocycles. The summed E-state index contributed by atoms with van der Waals surface area (Å²) in [6, 6.07) is 0.231. The van der Waals surface area contributed by atoms with Crippen LogP contribution in [0, 0.1) is 0 Å². The molecule has 1 aliphatic rings. The van der Waals surface area contributed by atoms with Crippen LogP contribution in [-0.4, -0.2) is 35.5 Å². The molecule has 0 aromatic carbocycles. The minimum atomic E-state index is -4.46. The van der Waals surface area contributed by atoms with Gasteiger partial charge < -0.3 is 10.2 Å². The van der Waals surface area contributed by atoms with Gasteiger partial charge in [0.15, 0.2) is 0 Å².